The fourth-order valence-electron chi connectivity index (χ4n) is 1.93. The maximum atomic E-state index is 13.1. The van der Waals surface area contributed by atoms with Crippen LogP contribution in [0.5, 0.6) is 0 Å². The molecule has 0 saturated heterocycles. The van der Waals surface area contributed by atoms with Crippen LogP contribution in [0.15, 0.2) is 28.8 Å². The van der Waals surface area contributed by atoms with E-state index in [2.05, 4.69) is 10.1 Å². The summed E-state index contributed by atoms with van der Waals surface area (Å²) in [6.07, 6.45) is 0.862. The van der Waals surface area contributed by atoms with Crippen LogP contribution in [0.2, 0.25) is 0 Å². The van der Waals surface area contributed by atoms with Gasteiger partial charge in [-0.1, -0.05) is 17.3 Å². The number of aromatic nitrogens is 1. The van der Waals surface area contributed by atoms with E-state index in [4.69, 9.17) is 10.3 Å². The number of hydrogen-bond donors (Lipinski definition) is 1. The molecule has 102 valence electrons. The van der Waals surface area contributed by atoms with Crippen LogP contribution >= 0.6 is 0 Å². The monoisotopic (exact) mass is 263 g/mol. The van der Waals surface area contributed by atoms with Gasteiger partial charge in [-0.25, -0.2) is 4.39 Å². The van der Waals surface area contributed by atoms with Crippen molar-refractivity contribution >= 4 is 5.82 Å². The molecule has 2 aromatic rings. The van der Waals surface area contributed by atoms with Crippen LogP contribution in [0, 0.1) is 12.7 Å². The fourth-order valence-corrected chi connectivity index (χ4v) is 1.93. The Morgan fingerprint density at radius 1 is 1.37 bits per heavy atom. The number of nitrogens with zero attached hydrogens (tertiary/aromatic N) is 2. The minimum atomic E-state index is -0.158. The first kappa shape index (κ1) is 13.5. The second kappa shape index (κ2) is 5.84. The molecule has 19 heavy (non-hydrogen) atoms. The average molecular weight is 263 g/mol. The van der Waals surface area contributed by atoms with E-state index in [1.54, 1.807) is 13.0 Å². The van der Waals surface area contributed by atoms with Crippen LogP contribution < -0.4 is 5.73 Å². The second-order valence-corrected chi connectivity index (χ2v) is 4.79. The van der Waals surface area contributed by atoms with Crippen LogP contribution in [0.4, 0.5) is 10.2 Å². The molecule has 0 amide bonds. The van der Waals surface area contributed by atoms with Crippen LogP contribution in [0.3, 0.4) is 0 Å². The summed E-state index contributed by atoms with van der Waals surface area (Å²) in [6.45, 7) is 3.29. The summed E-state index contributed by atoms with van der Waals surface area (Å²) in [7, 11) is 2.00. The molecular weight excluding hydrogens is 245 g/mol. The van der Waals surface area contributed by atoms with Gasteiger partial charge in [0.15, 0.2) is 11.6 Å². The third kappa shape index (κ3) is 3.79. The lowest BCUT2D eigenvalue weighted by molar-refractivity contribution is 0.275. The van der Waals surface area contributed by atoms with Crippen LogP contribution in [0.1, 0.15) is 16.9 Å². The summed E-state index contributed by atoms with van der Waals surface area (Å²) < 4.78 is 18.2. The zero-order valence-electron chi connectivity index (χ0n) is 11.2. The van der Waals surface area contributed by atoms with Gasteiger partial charge in [-0.15, -0.1) is 0 Å². The second-order valence-electron chi connectivity index (χ2n) is 4.79. The van der Waals surface area contributed by atoms with Crippen molar-refractivity contribution in [3.05, 3.63) is 47.0 Å². The number of likely N-dealkylation sites (N-methyl/N-ethyl adjacent to an activating group) is 1. The number of nitrogen functional groups attached to an aromatic ring is 1. The Morgan fingerprint density at radius 3 is 2.79 bits per heavy atom. The van der Waals surface area contributed by atoms with Gasteiger partial charge in [0.05, 0.1) is 6.54 Å². The minimum absolute atomic E-state index is 0.158. The molecule has 2 N–H and O–H groups in total. The normalized spacial score (nSPS) is 11.2. The number of aryl methyl sites for hydroxylation is 1. The lowest BCUT2D eigenvalue weighted by Crippen LogP contribution is -2.20. The maximum Gasteiger partial charge on any atom is 0.167 e. The third-order valence-electron chi connectivity index (χ3n) is 3.01. The molecule has 1 aromatic heterocycles. The average Bonchev–Trinajstić information content (AvgIpc) is 2.76. The van der Waals surface area contributed by atoms with Crippen molar-refractivity contribution in [2.24, 2.45) is 0 Å². The van der Waals surface area contributed by atoms with Gasteiger partial charge in [0.2, 0.25) is 0 Å². The van der Waals surface area contributed by atoms with E-state index in [0.29, 0.717) is 17.9 Å². The number of nitrogens with two attached hydrogens (primary N) is 1. The number of rotatable bonds is 5. The lowest BCUT2D eigenvalue weighted by Gasteiger charge is -2.14. The highest BCUT2D eigenvalue weighted by molar-refractivity contribution is 5.26. The van der Waals surface area contributed by atoms with Gasteiger partial charge in [-0.05, 0) is 37.6 Å². The Labute approximate surface area is 112 Å². The number of hydrogen-bond acceptors (Lipinski definition) is 4. The van der Waals surface area contributed by atoms with E-state index in [1.807, 2.05) is 19.2 Å². The summed E-state index contributed by atoms with van der Waals surface area (Å²) in [5, 5.41) is 3.64. The van der Waals surface area contributed by atoms with Crippen molar-refractivity contribution in [3.8, 4) is 0 Å². The van der Waals surface area contributed by atoms with Crippen LogP contribution in [-0.4, -0.2) is 23.6 Å². The van der Waals surface area contributed by atoms with Gasteiger partial charge < -0.3 is 10.3 Å². The van der Waals surface area contributed by atoms with E-state index >= 15 is 0 Å². The highest BCUT2D eigenvalue weighted by Crippen LogP contribution is 2.11. The first-order chi connectivity index (χ1) is 9.04. The quantitative estimate of drug-likeness (QED) is 0.899. The summed E-state index contributed by atoms with van der Waals surface area (Å²) in [4.78, 5) is 2.11. The van der Waals surface area contributed by atoms with E-state index in [0.717, 1.165) is 24.3 Å². The van der Waals surface area contributed by atoms with E-state index in [1.165, 1.54) is 6.07 Å². The largest absolute Gasteiger partial charge is 0.381 e. The van der Waals surface area contributed by atoms with E-state index in [-0.39, 0.29) is 5.82 Å². The van der Waals surface area contributed by atoms with Crippen molar-refractivity contribution in [1.29, 1.82) is 0 Å². The molecule has 0 spiro atoms. The lowest BCUT2D eigenvalue weighted by atomic mass is 10.1. The Hall–Kier alpha value is -1.88. The molecule has 0 aliphatic rings. The fraction of sp³-hybridized carbons (Fsp3) is 0.357. The first-order valence-corrected chi connectivity index (χ1v) is 6.19. The Balaban J connectivity index is 1.86. The molecule has 0 atom stereocenters. The molecule has 2 rings (SSSR count). The molecule has 0 aliphatic carbocycles. The highest BCUT2D eigenvalue weighted by atomic mass is 19.1. The summed E-state index contributed by atoms with van der Waals surface area (Å²) in [6, 6.07) is 6.94. The molecule has 0 fully saturated rings. The molecular formula is C14H18FN3O. The van der Waals surface area contributed by atoms with Crippen molar-refractivity contribution in [2.45, 2.75) is 19.9 Å². The summed E-state index contributed by atoms with van der Waals surface area (Å²) in [5.74, 6) is 0.988. The van der Waals surface area contributed by atoms with Crippen molar-refractivity contribution in [1.82, 2.24) is 10.1 Å². The van der Waals surface area contributed by atoms with Crippen LogP contribution in [0.25, 0.3) is 0 Å². The van der Waals surface area contributed by atoms with Crippen LogP contribution in [-0.2, 0) is 13.0 Å². The summed E-state index contributed by atoms with van der Waals surface area (Å²) >= 11 is 0. The van der Waals surface area contributed by atoms with Gasteiger partial charge in [0, 0.05) is 12.6 Å². The Bertz CT molecular complexity index is 553. The van der Waals surface area contributed by atoms with E-state index in [9.17, 15) is 4.39 Å². The summed E-state index contributed by atoms with van der Waals surface area (Å²) in [5.41, 5.74) is 7.30. The smallest absolute Gasteiger partial charge is 0.167 e. The standard InChI is InChI=1S/C14H18FN3O/c1-10-7-11(3-4-13(10)15)5-6-18(2)9-12-8-14(16)17-19-12/h3-4,7-8H,5-6,9H2,1-2H3,(H2,16,17). The first-order valence-electron chi connectivity index (χ1n) is 6.19. The molecule has 5 heteroatoms. The maximum absolute atomic E-state index is 13.1. The SMILES string of the molecule is Cc1cc(CCN(C)Cc2cc(N)no2)ccc1F. The Kier molecular flexibility index (Phi) is 4.16. The zero-order valence-corrected chi connectivity index (χ0v) is 11.2. The van der Waals surface area contributed by atoms with E-state index < -0.39 is 0 Å². The van der Waals surface area contributed by atoms with Gasteiger partial charge in [-0.2, -0.15) is 0 Å². The zero-order chi connectivity index (χ0) is 13.8. The molecule has 0 unspecified atom stereocenters. The van der Waals surface area contributed by atoms with Crippen molar-refractivity contribution in [2.75, 3.05) is 19.3 Å². The molecule has 0 aliphatic heterocycles. The minimum Gasteiger partial charge on any atom is -0.381 e. The van der Waals surface area contributed by atoms with Gasteiger partial charge in [0.1, 0.15) is 5.82 Å². The number of halogens is 1. The van der Waals surface area contributed by atoms with Crippen molar-refractivity contribution < 1.29 is 8.91 Å². The molecule has 1 aromatic carbocycles. The number of anilines is 1. The predicted molar refractivity (Wildman–Crippen MR) is 72.1 cm³/mol. The van der Waals surface area contributed by atoms with Crippen molar-refractivity contribution in [3.63, 3.8) is 0 Å². The number of benzene rings is 1. The molecule has 0 bridgehead atoms. The molecule has 0 saturated carbocycles. The van der Waals surface area contributed by atoms with Gasteiger partial charge >= 0.3 is 0 Å². The predicted octanol–water partition coefficient (Wildman–Crippen LogP) is 2.38. The molecule has 0 radical (unpaired) electrons. The third-order valence-corrected chi connectivity index (χ3v) is 3.01. The van der Waals surface area contributed by atoms with Gasteiger partial charge in [0.25, 0.3) is 0 Å². The molecule has 1 heterocycles. The molecule has 4 nitrogen and oxygen atoms in total. The topological polar surface area (TPSA) is 55.3 Å². The van der Waals surface area contributed by atoms with Gasteiger partial charge in [-0.3, -0.25) is 4.90 Å². The Morgan fingerprint density at radius 2 is 2.16 bits per heavy atom. The highest BCUT2D eigenvalue weighted by Gasteiger charge is 2.06.